The van der Waals surface area contributed by atoms with Gasteiger partial charge in [-0.05, 0) is 71.5 Å². The Morgan fingerprint density at radius 3 is 1.28 bits per heavy atom. The van der Waals surface area contributed by atoms with Gasteiger partial charge in [0.2, 0.25) is 0 Å². The van der Waals surface area contributed by atoms with Gasteiger partial charge in [-0.25, -0.2) is 0 Å². The van der Waals surface area contributed by atoms with Crippen molar-refractivity contribution in [1.82, 2.24) is 9.97 Å². The molecule has 5 nitrogen and oxygen atoms in total. The summed E-state index contributed by atoms with van der Waals surface area (Å²) >= 11 is 0. The second-order valence-corrected chi connectivity index (χ2v) is 14.3. The molecule has 0 amide bonds. The second-order valence-electron chi connectivity index (χ2n) is 14.3. The maximum absolute atomic E-state index is 15.2. The van der Waals surface area contributed by atoms with Gasteiger partial charge in [-0.1, -0.05) is 109 Å². The van der Waals surface area contributed by atoms with E-state index in [-0.39, 0.29) is 44.1 Å². The minimum absolute atomic E-state index is 0.0465. The summed E-state index contributed by atoms with van der Waals surface area (Å²) in [6, 6.07) is 41.1. The summed E-state index contributed by atoms with van der Waals surface area (Å²) in [5, 5.41) is 6.91. The Bertz CT molecular complexity index is 2630. The molecular formula is C49H36F6N4O. The molecule has 0 radical (unpaired) electrons. The Morgan fingerprint density at radius 1 is 0.483 bits per heavy atom. The highest BCUT2D eigenvalue weighted by molar-refractivity contribution is 6.21. The lowest BCUT2D eigenvalue weighted by Crippen LogP contribution is -2.12. The van der Waals surface area contributed by atoms with Gasteiger partial charge < -0.3 is 10.6 Å². The summed E-state index contributed by atoms with van der Waals surface area (Å²) in [5.41, 5.74) is 2.10. The number of fused-ring (bicyclic) bond motifs is 2. The van der Waals surface area contributed by atoms with Gasteiger partial charge in [0.05, 0.1) is 22.2 Å². The molecular weight excluding hydrogens is 775 g/mol. The largest absolute Gasteiger partial charge is 0.418 e. The lowest BCUT2D eigenvalue weighted by molar-refractivity contribution is -0.137. The van der Waals surface area contributed by atoms with Gasteiger partial charge in [0, 0.05) is 69.9 Å². The summed E-state index contributed by atoms with van der Waals surface area (Å²) in [6.45, 7) is 1.11. The van der Waals surface area contributed by atoms with Crippen molar-refractivity contribution in [2.45, 2.75) is 25.2 Å². The van der Waals surface area contributed by atoms with E-state index >= 15 is 4.79 Å². The van der Waals surface area contributed by atoms with Crippen LogP contribution >= 0.6 is 0 Å². The minimum Gasteiger partial charge on any atom is -0.385 e. The third-order valence-electron chi connectivity index (χ3n) is 10.4. The van der Waals surface area contributed by atoms with Gasteiger partial charge in [0.15, 0.2) is 5.78 Å². The number of ketones is 1. The molecule has 2 N–H and O–H groups in total. The van der Waals surface area contributed by atoms with E-state index in [2.05, 4.69) is 20.6 Å². The van der Waals surface area contributed by atoms with Gasteiger partial charge >= 0.3 is 12.4 Å². The number of nitrogens with zero attached hydrogens (tertiary/aromatic N) is 2. The van der Waals surface area contributed by atoms with Crippen LogP contribution in [0.4, 0.5) is 37.7 Å². The number of alkyl halides is 6. The monoisotopic (exact) mass is 810 g/mol. The Balaban J connectivity index is 1.27. The Hall–Kier alpha value is -7.01. The third kappa shape index (κ3) is 8.42. The van der Waals surface area contributed by atoms with Crippen LogP contribution in [0.3, 0.4) is 0 Å². The van der Waals surface area contributed by atoms with Crippen molar-refractivity contribution >= 4 is 39.0 Å². The number of hydrogen-bond donors (Lipinski definition) is 2. The van der Waals surface area contributed by atoms with E-state index in [0.29, 0.717) is 48.4 Å². The van der Waals surface area contributed by atoms with Crippen LogP contribution in [0.5, 0.6) is 0 Å². The van der Waals surface area contributed by atoms with E-state index < -0.39 is 29.3 Å². The molecule has 0 aliphatic rings. The van der Waals surface area contributed by atoms with E-state index in [9.17, 15) is 26.3 Å². The summed E-state index contributed by atoms with van der Waals surface area (Å²) in [4.78, 5) is 23.6. The predicted octanol–water partition coefficient (Wildman–Crippen LogP) is 12.7. The number of carbonyl (C=O) groups is 1. The number of benzene rings is 6. The molecule has 0 unspecified atom stereocenters. The van der Waals surface area contributed by atoms with Crippen molar-refractivity contribution in [3.8, 4) is 22.3 Å². The molecule has 0 fully saturated rings. The fraction of sp³-hybridized carbons (Fsp3) is 0.122. The molecule has 2 heterocycles. The maximum atomic E-state index is 15.2. The summed E-state index contributed by atoms with van der Waals surface area (Å²) in [7, 11) is 0. The average molecular weight is 811 g/mol. The molecule has 0 saturated heterocycles. The van der Waals surface area contributed by atoms with Crippen LogP contribution in [0.2, 0.25) is 0 Å². The lowest BCUT2D eigenvalue weighted by Gasteiger charge is -2.19. The number of aromatic nitrogens is 2. The topological polar surface area (TPSA) is 66.9 Å². The van der Waals surface area contributed by atoms with Crippen LogP contribution in [0.15, 0.2) is 158 Å². The number of anilines is 2. The van der Waals surface area contributed by atoms with Gasteiger partial charge in [0.25, 0.3) is 0 Å². The fourth-order valence-electron chi connectivity index (χ4n) is 7.58. The predicted molar refractivity (Wildman–Crippen MR) is 225 cm³/mol. The molecule has 6 aromatic carbocycles. The van der Waals surface area contributed by atoms with Gasteiger partial charge in [-0.2, -0.15) is 26.3 Å². The molecule has 300 valence electrons. The molecule has 0 saturated carbocycles. The first-order chi connectivity index (χ1) is 29.0. The number of halogens is 6. The van der Waals surface area contributed by atoms with Crippen molar-refractivity contribution in [3.63, 3.8) is 0 Å². The Kier molecular flexibility index (Phi) is 11.1. The van der Waals surface area contributed by atoms with Crippen molar-refractivity contribution in [1.29, 1.82) is 0 Å². The van der Waals surface area contributed by atoms with Crippen LogP contribution in [-0.4, -0.2) is 28.8 Å². The van der Waals surface area contributed by atoms with Crippen LogP contribution < -0.4 is 10.6 Å². The van der Waals surface area contributed by atoms with E-state index in [1.165, 1.54) is 24.3 Å². The van der Waals surface area contributed by atoms with Crippen LogP contribution in [-0.2, 0) is 25.2 Å². The van der Waals surface area contributed by atoms with E-state index in [1.54, 1.807) is 36.4 Å². The van der Waals surface area contributed by atoms with E-state index in [1.807, 2.05) is 72.8 Å². The van der Waals surface area contributed by atoms with Crippen molar-refractivity contribution in [2.24, 2.45) is 0 Å². The molecule has 0 aliphatic carbocycles. The summed E-state index contributed by atoms with van der Waals surface area (Å²) in [5.74, 6) is -0.677. The van der Waals surface area contributed by atoms with Crippen molar-refractivity contribution in [2.75, 3.05) is 23.7 Å². The zero-order chi connectivity index (χ0) is 41.9. The van der Waals surface area contributed by atoms with Gasteiger partial charge in [-0.15, -0.1) is 0 Å². The molecule has 11 heteroatoms. The standard InChI is InChI=1S/C49H36F6N4O/c50-48(51,52)41-21-9-19-37-43(33-15-7-17-35(27-33)56-25-23-31-11-3-1-4-12-31)39(29-58-45(37)41)47(60)40-30-59-46-38(20-10-22-42(46)49(53,54)55)44(40)34-16-8-18-36(28-34)57-26-24-32-13-5-2-6-14-32/h1-22,27-30,56-57H,23-26H2. The van der Waals surface area contributed by atoms with Crippen LogP contribution in [0.25, 0.3) is 44.1 Å². The SMILES string of the molecule is O=C(c1cnc2c(C(F)(F)F)cccc2c1-c1cccc(NCCc2ccccc2)c1)c1cnc2c(C(F)(F)F)cccc2c1-c1cccc(NCCc2ccccc2)c1. The number of carbonyl (C=O) groups excluding carboxylic acids is 1. The zero-order valence-electron chi connectivity index (χ0n) is 31.9. The Morgan fingerprint density at radius 2 is 0.883 bits per heavy atom. The molecule has 60 heavy (non-hydrogen) atoms. The van der Waals surface area contributed by atoms with Crippen LogP contribution in [0, 0.1) is 0 Å². The molecule has 0 spiro atoms. The molecule has 2 aromatic heterocycles. The molecule has 0 aliphatic heterocycles. The first-order valence-corrected chi connectivity index (χ1v) is 19.2. The van der Waals surface area contributed by atoms with Crippen molar-refractivity contribution < 1.29 is 31.1 Å². The number of nitrogens with one attached hydrogen (secondary N) is 2. The quantitative estimate of drug-likeness (QED) is 0.0950. The highest BCUT2D eigenvalue weighted by Crippen LogP contribution is 2.43. The number of pyridine rings is 2. The average Bonchev–Trinajstić information content (AvgIpc) is 3.25. The molecule has 0 bridgehead atoms. The second kappa shape index (κ2) is 16.7. The zero-order valence-corrected chi connectivity index (χ0v) is 31.9. The maximum Gasteiger partial charge on any atom is 0.418 e. The number of para-hydroxylation sites is 2. The number of rotatable bonds is 12. The molecule has 8 rings (SSSR count). The smallest absolute Gasteiger partial charge is 0.385 e. The first kappa shape index (κ1) is 39.8. The highest BCUT2D eigenvalue weighted by atomic mass is 19.4. The van der Waals surface area contributed by atoms with Gasteiger partial charge in [0.1, 0.15) is 0 Å². The normalized spacial score (nSPS) is 11.8. The number of hydrogen-bond acceptors (Lipinski definition) is 5. The Labute approximate surface area is 341 Å². The summed E-state index contributed by atoms with van der Waals surface area (Å²) < 4.78 is 86.5. The lowest BCUT2D eigenvalue weighted by atomic mass is 9.87. The van der Waals surface area contributed by atoms with Gasteiger partial charge in [-0.3, -0.25) is 14.8 Å². The fourth-order valence-corrected chi connectivity index (χ4v) is 7.58. The van der Waals surface area contributed by atoms with Crippen molar-refractivity contribution in [3.05, 3.63) is 191 Å². The molecule has 0 atom stereocenters. The molecule has 8 aromatic rings. The van der Waals surface area contributed by atoms with E-state index in [0.717, 1.165) is 35.7 Å². The first-order valence-electron chi connectivity index (χ1n) is 19.2. The minimum atomic E-state index is -4.75. The third-order valence-corrected chi connectivity index (χ3v) is 10.4. The summed E-state index contributed by atoms with van der Waals surface area (Å²) in [6.07, 6.45) is -5.85. The van der Waals surface area contributed by atoms with Crippen LogP contribution in [0.1, 0.15) is 38.2 Å². The van der Waals surface area contributed by atoms with E-state index in [4.69, 9.17) is 0 Å². The highest BCUT2D eigenvalue weighted by Gasteiger charge is 2.36.